The smallest absolute Gasteiger partial charge is 0.303 e. The van der Waals surface area contributed by atoms with Crippen molar-refractivity contribution in [2.24, 2.45) is 11.8 Å². The monoisotopic (exact) mass is 368 g/mol. The van der Waals surface area contributed by atoms with Crippen LogP contribution in [0, 0.1) is 11.8 Å². The van der Waals surface area contributed by atoms with Crippen LogP contribution in [-0.4, -0.2) is 45.1 Å². The quantitative estimate of drug-likeness (QED) is 0.340. The number of aliphatic hydroxyl groups excluding tert-OH is 2. The number of hydrogen-bond acceptors (Lipinski definition) is 5. The van der Waals surface area contributed by atoms with E-state index in [0.29, 0.717) is 19.3 Å². The molecular formula is C20H32O6. The van der Waals surface area contributed by atoms with Gasteiger partial charge in [-0.05, 0) is 19.3 Å². The van der Waals surface area contributed by atoms with E-state index in [1.165, 1.54) is 0 Å². The fraction of sp³-hybridized carbons (Fsp3) is 0.750. The lowest BCUT2D eigenvalue weighted by molar-refractivity contribution is -0.137. The number of carbonyl (C=O) groups excluding carboxylic acids is 2. The van der Waals surface area contributed by atoms with Crippen molar-refractivity contribution in [3.05, 3.63) is 12.2 Å². The number of rotatable bonds is 13. The van der Waals surface area contributed by atoms with E-state index >= 15 is 0 Å². The maximum atomic E-state index is 12.1. The van der Waals surface area contributed by atoms with E-state index in [2.05, 4.69) is 6.92 Å². The molecule has 0 aromatic rings. The number of carboxylic acid groups (broad SMARTS) is 1. The Labute approximate surface area is 155 Å². The van der Waals surface area contributed by atoms with E-state index in [1.807, 2.05) is 0 Å². The van der Waals surface area contributed by atoms with Crippen LogP contribution >= 0.6 is 0 Å². The van der Waals surface area contributed by atoms with Gasteiger partial charge in [-0.15, -0.1) is 0 Å². The minimum atomic E-state index is -0.880. The lowest BCUT2D eigenvalue weighted by Gasteiger charge is -2.17. The molecular weight excluding hydrogens is 336 g/mol. The van der Waals surface area contributed by atoms with Gasteiger partial charge in [-0.2, -0.15) is 0 Å². The number of carboxylic acids is 1. The normalized spacial score (nSPS) is 24.3. The lowest BCUT2D eigenvalue weighted by atomic mass is 9.88. The Balaban J connectivity index is 2.51. The third kappa shape index (κ3) is 8.23. The first-order chi connectivity index (χ1) is 12.3. The van der Waals surface area contributed by atoms with Gasteiger partial charge in [-0.1, -0.05) is 38.3 Å². The molecule has 0 unspecified atom stereocenters. The molecule has 26 heavy (non-hydrogen) atoms. The van der Waals surface area contributed by atoms with Crippen LogP contribution in [0.15, 0.2) is 12.2 Å². The molecule has 0 bridgehead atoms. The lowest BCUT2D eigenvalue weighted by Crippen LogP contribution is -2.22. The Bertz CT molecular complexity index is 499. The minimum absolute atomic E-state index is 0.0373. The number of Topliss-reactive ketones (excluding diaryl/α,β-unsaturated/α-hetero) is 2. The van der Waals surface area contributed by atoms with Crippen LogP contribution in [0.5, 0.6) is 0 Å². The summed E-state index contributed by atoms with van der Waals surface area (Å²) >= 11 is 0. The molecule has 0 aliphatic heterocycles. The zero-order chi connectivity index (χ0) is 19.5. The van der Waals surface area contributed by atoms with Crippen LogP contribution in [0.2, 0.25) is 0 Å². The fourth-order valence-corrected chi connectivity index (χ4v) is 3.39. The summed E-state index contributed by atoms with van der Waals surface area (Å²) in [6.45, 7) is 2.09. The van der Waals surface area contributed by atoms with Crippen LogP contribution in [0.3, 0.4) is 0 Å². The molecule has 1 aliphatic carbocycles. The van der Waals surface area contributed by atoms with Crippen molar-refractivity contribution in [2.75, 3.05) is 0 Å². The topological polar surface area (TPSA) is 112 Å². The van der Waals surface area contributed by atoms with E-state index in [0.717, 1.165) is 19.3 Å². The van der Waals surface area contributed by atoms with Crippen molar-refractivity contribution < 1.29 is 29.7 Å². The molecule has 6 heteroatoms. The molecule has 0 spiro atoms. The predicted octanol–water partition coefficient (Wildman–Crippen LogP) is 2.65. The van der Waals surface area contributed by atoms with Gasteiger partial charge in [0.1, 0.15) is 11.6 Å². The predicted molar refractivity (Wildman–Crippen MR) is 97.6 cm³/mol. The number of aliphatic carboxylic acids is 1. The summed E-state index contributed by atoms with van der Waals surface area (Å²) in [6.07, 6.45) is 6.93. The molecule has 148 valence electrons. The third-order valence-corrected chi connectivity index (χ3v) is 4.94. The van der Waals surface area contributed by atoms with Crippen LogP contribution in [0.25, 0.3) is 0 Å². The zero-order valence-corrected chi connectivity index (χ0v) is 15.6. The van der Waals surface area contributed by atoms with Crippen molar-refractivity contribution in [3.8, 4) is 0 Å². The van der Waals surface area contributed by atoms with E-state index in [9.17, 15) is 24.6 Å². The van der Waals surface area contributed by atoms with Crippen molar-refractivity contribution >= 4 is 17.5 Å². The number of carbonyl (C=O) groups is 3. The van der Waals surface area contributed by atoms with E-state index < -0.39 is 30.0 Å². The van der Waals surface area contributed by atoms with Crippen molar-refractivity contribution in [2.45, 2.75) is 83.3 Å². The van der Waals surface area contributed by atoms with Gasteiger partial charge in [0.25, 0.3) is 0 Å². The maximum Gasteiger partial charge on any atom is 0.303 e. The molecule has 1 fully saturated rings. The summed E-state index contributed by atoms with van der Waals surface area (Å²) < 4.78 is 0. The van der Waals surface area contributed by atoms with Crippen molar-refractivity contribution in [1.82, 2.24) is 0 Å². The Hall–Kier alpha value is -1.53. The first kappa shape index (κ1) is 22.5. The number of aliphatic hydroxyl groups is 2. The van der Waals surface area contributed by atoms with Crippen LogP contribution < -0.4 is 0 Å². The summed E-state index contributed by atoms with van der Waals surface area (Å²) in [4.78, 5) is 34.7. The van der Waals surface area contributed by atoms with Gasteiger partial charge in [0.05, 0.1) is 12.2 Å². The second-order valence-electron chi connectivity index (χ2n) is 7.21. The van der Waals surface area contributed by atoms with Gasteiger partial charge in [0.15, 0.2) is 0 Å². The first-order valence-corrected chi connectivity index (χ1v) is 9.65. The van der Waals surface area contributed by atoms with E-state index in [1.54, 1.807) is 12.2 Å². The first-order valence-electron chi connectivity index (χ1n) is 9.65. The zero-order valence-electron chi connectivity index (χ0n) is 15.6. The Kier molecular flexibility index (Phi) is 10.4. The average molecular weight is 368 g/mol. The van der Waals surface area contributed by atoms with Gasteiger partial charge in [0, 0.05) is 37.5 Å². The standard InChI is InChI=1S/C20H32O6/c1-2-3-4-7-14(21)10-11-16-17(19(24)13-18(16)23)12-15(22)8-5-6-9-20(25)26/h10-11,14,16-18,21,23H,2-9,12-13H2,1H3,(H,25,26)/b11-10+/t14-,16+,17+,18+/m0/s1. The Morgan fingerprint density at radius 2 is 1.88 bits per heavy atom. The van der Waals surface area contributed by atoms with Gasteiger partial charge < -0.3 is 15.3 Å². The number of hydrogen-bond donors (Lipinski definition) is 3. The molecule has 1 rings (SSSR count). The van der Waals surface area contributed by atoms with Gasteiger partial charge >= 0.3 is 5.97 Å². The van der Waals surface area contributed by atoms with Crippen LogP contribution in [-0.2, 0) is 14.4 Å². The van der Waals surface area contributed by atoms with Gasteiger partial charge in [-0.3, -0.25) is 14.4 Å². The second kappa shape index (κ2) is 12.0. The molecule has 6 nitrogen and oxygen atoms in total. The SMILES string of the molecule is CCCCC[C@H](O)/C=C/[C@H]1[C@H](O)CC(=O)[C@@H]1CC(=O)CCCCC(=O)O. The van der Waals surface area contributed by atoms with Gasteiger partial charge in [0.2, 0.25) is 0 Å². The highest BCUT2D eigenvalue weighted by molar-refractivity contribution is 5.90. The largest absolute Gasteiger partial charge is 0.481 e. The summed E-state index contributed by atoms with van der Waals surface area (Å²) in [5.41, 5.74) is 0. The molecule has 0 radical (unpaired) electrons. The summed E-state index contributed by atoms with van der Waals surface area (Å²) in [6, 6.07) is 0. The molecule has 0 aromatic carbocycles. The Morgan fingerprint density at radius 1 is 1.19 bits per heavy atom. The third-order valence-electron chi connectivity index (χ3n) is 4.94. The van der Waals surface area contributed by atoms with Crippen LogP contribution in [0.4, 0.5) is 0 Å². The highest BCUT2D eigenvalue weighted by Crippen LogP contribution is 2.33. The summed E-state index contributed by atoms with van der Waals surface area (Å²) in [7, 11) is 0. The Morgan fingerprint density at radius 3 is 2.54 bits per heavy atom. The molecule has 0 heterocycles. The molecule has 4 atom stereocenters. The second-order valence-corrected chi connectivity index (χ2v) is 7.21. The molecule has 0 amide bonds. The maximum absolute atomic E-state index is 12.1. The van der Waals surface area contributed by atoms with Gasteiger partial charge in [-0.25, -0.2) is 0 Å². The highest BCUT2D eigenvalue weighted by Gasteiger charge is 2.40. The fourth-order valence-electron chi connectivity index (χ4n) is 3.39. The van der Waals surface area contributed by atoms with Crippen molar-refractivity contribution in [1.29, 1.82) is 0 Å². The molecule has 1 aliphatic rings. The van der Waals surface area contributed by atoms with E-state index in [4.69, 9.17) is 5.11 Å². The van der Waals surface area contributed by atoms with E-state index in [-0.39, 0.29) is 37.2 Å². The van der Waals surface area contributed by atoms with Crippen molar-refractivity contribution in [3.63, 3.8) is 0 Å². The molecule has 3 N–H and O–H groups in total. The summed E-state index contributed by atoms with van der Waals surface area (Å²) in [5.74, 6) is -2.06. The number of unbranched alkanes of at least 4 members (excludes halogenated alkanes) is 3. The molecule has 0 aromatic heterocycles. The highest BCUT2D eigenvalue weighted by atomic mass is 16.4. The molecule has 0 saturated heterocycles. The minimum Gasteiger partial charge on any atom is -0.481 e. The molecule has 1 saturated carbocycles. The average Bonchev–Trinajstić information content (AvgIpc) is 2.83. The number of ketones is 2. The van der Waals surface area contributed by atoms with Crippen LogP contribution in [0.1, 0.15) is 71.1 Å². The summed E-state index contributed by atoms with van der Waals surface area (Å²) in [5, 5.41) is 28.7.